The first-order chi connectivity index (χ1) is 16.9. The van der Waals surface area contributed by atoms with E-state index in [2.05, 4.69) is 10.2 Å². The van der Waals surface area contributed by atoms with E-state index in [0.29, 0.717) is 61.1 Å². The van der Waals surface area contributed by atoms with E-state index < -0.39 is 12.0 Å². The molecule has 2 heterocycles. The Labute approximate surface area is 205 Å². The molecule has 0 spiro atoms. The summed E-state index contributed by atoms with van der Waals surface area (Å²) in [6.45, 7) is 4.57. The molecule has 2 aliphatic rings. The van der Waals surface area contributed by atoms with Gasteiger partial charge in [0.15, 0.2) is 11.5 Å². The highest BCUT2D eigenvalue weighted by molar-refractivity contribution is 5.95. The Morgan fingerprint density at radius 2 is 1.80 bits per heavy atom. The molecular formula is C24H34N4O7. The molecular weight excluding hydrogens is 456 g/mol. The monoisotopic (exact) mass is 490 g/mol. The number of methoxy groups -OCH3 is 3. The highest BCUT2D eigenvalue weighted by Crippen LogP contribution is 2.40. The molecule has 1 saturated heterocycles. The van der Waals surface area contributed by atoms with Crippen LogP contribution in [-0.4, -0.2) is 107 Å². The highest BCUT2D eigenvalue weighted by Gasteiger charge is 2.39. The van der Waals surface area contributed by atoms with Crippen molar-refractivity contribution < 1.29 is 33.3 Å². The molecule has 1 aromatic carbocycles. The Morgan fingerprint density at radius 1 is 1.09 bits per heavy atom. The molecule has 1 atom stereocenters. The van der Waals surface area contributed by atoms with Crippen molar-refractivity contribution in [2.24, 2.45) is 0 Å². The average Bonchev–Trinajstić information content (AvgIpc) is 2.86. The molecule has 0 aromatic heterocycles. The van der Waals surface area contributed by atoms with Gasteiger partial charge in [0.25, 0.3) is 0 Å². The number of benzene rings is 1. The van der Waals surface area contributed by atoms with Gasteiger partial charge in [-0.1, -0.05) is 12.1 Å². The molecule has 0 bridgehead atoms. The zero-order valence-electron chi connectivity index (χ0n) is 21.0. The SMILES string of the molecule is CCOC(=O)C1=C(CN2CCN(C(=O)COC)CC2)N(C)C(=O)N[C@@H]1c1cccc(OC)c1OC. The molecule has 35 heavy (non-hydrogen) atoms. The lowest BCUT2D eigenvalue weighted by atomic mass is 9.93. The summed E-state index contributed by atoms with van der Waals surface area (Å²) in [4.78, 5) is 43.7. The van der Waals surface area contributed by atoms with Crippen molar-refractivity contribution in [1.82, 2.24) is 20.0 Å². The molecule has 1 N–H and O–H groups in total. The fraction of sp³-hybridized carbons (Fsp3) is 0.542. The number of amides is 3. The lowest BCUT2D eigenvalue weighted by Crippen LogP contribution is -2.53. The summed E-state index contributed by atoms with van der Waals surface area (Å²) in [7, 11) is 6.16. The maximum atomic E-state index is 13.2. The number of rotatable bonds is 9. The van der Waals surface area contributed by atoms with Crippen LogP contribution in [0, 0.1) is 0 Å². The molecule has 0 aliphatic carbocycles. The molecule has 192 valence electrons. The number of carbonyl (C=O) groups excluding carboxylic acids is 3. The van der Waals surface area contributed by atoms with Gasteiger partial charge in [-0.25, -0.2) is 9.59 Å². The number of para-hydroxylation sites is 1. The van der Waals surface area contributed by atoms with Crippen LogP contribution < -0.4 is 14.8 Å². The number of esters is 1. The largest absolute Gasteiger partial charge is 0.493 e. The second-order valence-electron chi connectivity index (χ2n) is 8.20. The lowest BCUT2D eigenvalue weighted by Gasteiger charge is -2.39. The maximum absolute atomic E-state index is 13.2. The standard InChI is InChI=1S/C24H34N4O7/c1-6-35-23(30)20-17(14-27-10-12-28(13-11-27)19(29)15-32-3)26(2)24(31)25-21(20)16-8-7-9-18(33-4)22(16)34-5/h7-9,21H,6,10-15H2,1-5H3,(H,25,31)/t21-/m1/s1. The maximum Gasteiger partial charge on any atom is 0.338 e. The van der Waals surface area contributed by atoms with E-state index in [9.17, 15) is 14.4 Å². The van der Waals surface area contributed by atoms with Gasteiger partial charge in [0.1, 0.15) is 6.61 Å². The molecule has 11 heteroatoms. The summed E-state index contributed by atoms with van der Waals surface area (Å²) in [5.74, 6) is 0.340. The molecule has 1 aromatic rings. The van der Waals surface area contributed by atoms with Gasteiger partial charge in [0, 0.05) is 58.1 Å². The summed E-state index contributed by atoms with van der Waals surface area (Å²) >= 11 is 0. The van der Waals surface area contributed by atoms with E-state index in [4.69, 9.17) is 18.9 Å². The van der Waals surface area contributed by atoms with Crippen molar-refractivity contribution in [1.29, 1.82) is 0 Å². The van der Waals surface area contributed by atoms with E-state index in [1.54, 1.807) is 37.1 Å². The highest BCUT2D eigenvalue weighted by atomic mass is 16.5. The van der Waals surface area contributed by atoms with Crippen LogP contribution in [-0.2, 0) is 19.1 Å². The fourth-order valence-electron chi connectivity index (χ4n) is 4.35. The summed E-state index contributed by atoms with van der Waals surface area (Å²) < 4.78 is 21.4. The van der Waals surface area contributed by atoms with E-state index in [-0.39, 0.29) is 25.2 Å². The van der Waals surface area contributed by atoms with Crippen LogP contribution in [0.5, 0.6) is 11.5 Å². The third-order valence-corrected chi connectivity index (χ3v) is 6.18. The molecule has 1 fully saturated rings. The van der Waals surface area contributed by atoms with Crippen molar-refractivity contribution in [2.45, 2.75) is 13.0 Å². The number of ether oxygens (including phenoxy) is 4. The lowest BCUT2D eigenvalue weighted by molar-refractivity contribution is -0.139. The number of carbonyl (C=O) groups is 3. The van der Waals surface area contributed by atoms with Gasteiger partial charge in [-0.05, 0) is 13.0 Å². The predicted molar refractivity (Wildman–Crippen MR) is 127 cm³/mol. The quantitative estimate of drug-likeness (QED) is 0.511. The van der Waals surface area contributed by atoms with Crippen molar-refractivity contribution >= 4 is 17.9 Å². The molecule has 0 saturated carbocycles. The van der Waals surface area contributed by atoms with Gasteiger partial charge in [-0.2, -0.15) is 0 Å². The molecule has 0 unspecified atom stereocenters. The fourth-order valence-corrected chi connectivity index (χ4v) is 4.35. The van der Waals surface area contributed by atoms with E-state index in [0.717, 1.165) is 0 Å². The normalized spacial score (nSPS) is 18.9. The Bertz CT molecular complexity index is 973. The second-order valence-corrected chi connectivity index (χ2v) is 8.20. The van der Waals surface area contributed by atoms with Gasteiger partial charge < -0.3 is 29.2 Å². The minimum Gasteiger partial charge on any atom is -0.493 e. The molecule has 11 nitrogen and oxygen atoms in total. The smallest absolute Gasteiger partial charge is 0.338 e. The van der Waals surface area contributed by atoms with E-state index >= 15 is 0 Å². The molecule has 3 rings (SSSR count). The third kappa shape index (κ3) is 5.68. The summed E-state index contributed by atoms with van der Waals surface area (Å²) in [6, 6.07) is 4.17. The first kappa shape index (κ1) is 26.3. The zero-order valence-corrected chi connectivity index (χ0v) is 21.0. The van der Waals surface area contributed by atoms with Gasteiger partial charge in [0.05, 0.1) is 32.4 Å². The number of nitrogens with zero attached hydrogens (tertiary/aromatic N) is 3. The number of piperazine rings is 1. The first-order valence-electron chi connectivity index (χ1n) is 11.5. The Balaban J connectivity index is 1.98. The Morgan fingerprint density at radius 3 is 2.40 bits per heavy atom. The van der Waals surface area contributed by atoms with Crippen LogP contribution in [0.2, 0.25) is 0 Å². The van der Waals surface area contributed by atoms with Crippen LogP contribution in [0.15, 0.2) is 29.5 Å². The molecule has 0 radical (unpaired) electrons. The van der Waals surface area contributed by atoms with Crippen molar-refractivity contribution in [3.05, 3.63) is 35.0 Å². The second kappa shape index (κ2) is 11.9. The minimum absolute atomic E-state index is 0.0467. The Kier molecular flexibility index (Phi) is 8.94. The van der Waals surface area contributed by atoms with Crippen LogP contribution >= 0.6 is 0 Å². The third-order valence-electron chi connectivity index (χ3n) is 6.18. The average molecular weight is 491 g/mol. The molecule has 2 aliphatic heterocycles. The topological polar surface area (TPSA) is 110 Å². The van der Waals surface area contributed by atoms with Gasteiger partial charge in [0.2, 0.25) is 5.91 Å². The number of hydrogen-bond acceptors (Lipinski definition) is 8. The number of urea groups is 1. The van der Waals surface area contributed by atoms with Gasteiger partial charge in [-0.3, -0.25) is 14.6 Å². The summed E-state index contributed by atoms with van der Waals surface area (Å²) in [5.41, 5.74) is 1.46. The van der Waals surface area contributed by atoms with E-state index in [1.165, 1.54) is 26.2 Å². The summed E-state index contributed by atoms with van der Waals surface area (Å²) in [5, 5.41) is 2.91. The van der Waals surface area contributed by atoms with Gasteiger partial charge in [-0.15, -0.1) is 0 Å². The van der Waals surface area contributed by atoms with Crippen molar-refractivity contribution in [2.75, 3.05) is 74.3 Å². The summed E-state index contributed by atoms with van der Waals surface area (Å²) in [6.07, 6.45) is 0. The first-order valence-corrected chi connectivity index (χ1v) is 11.5. The van der Waals surface area contributed by atoms with Crippen LogP contribution in [0.4, 0.5) is 4.79 Å². The number of nitrogens with one attached hydrogen (secondary N) is 1. The zero-order chi connectivity index (χ0) is 25.5. The van der Waals surface area contributed by atoms with Crippen LogP contribution in [0.3, 0.4) is 0 Å². The number of hydrogen-bond donors (Lipinski definition) is 1. The van der Waals surface area contributed by atoms with Crippen molar-refractivity contribution in [3.63, 3.8) is 0 Å². The number of likely N-dealkylation sites (N-methyl/N-ethyl adjacent to an activating group) is 1. The van der Waals surface area contributed by atoms with E-state index in [1.807, 2.05) is 0 Å². The van der Waals surface area contributed by atoms with Crippen LogP contribution in [0.1, 0.15) is 18.5 Å². The minimum atomic E-state index is -0.789. The van der Waals surface area contributed by atoms with Gasteiger partial charge >= 0.3 is 12.0 Å². The molecule has 3 amide bonds. The Hall–Kier alpha value is -3.31. The predicted octanol–water partition coefficient (Wildman–Crippen LogP) is 1.01. The van der Waals surface area contributed by atoms with Crippen molar-refractivity contribution in [3.8, 4) is 11.5 Å². The van der Waals surface area contributed by atoms with Crippen LogP contribution in [0.25, 0.3) is 0 Å².